The fourth-order valence-corrected chi connectivity index (χ4v) is 3.33. The Labute approximate surface area is 178 Å². The molecule has 1 amide bonds. The minimum Gasteiger partial charge on any atom is -0.436 e. The Bertz CT molecular complexity index is 1260. The van der Waals surface area contributed by atoms with Crippen LogP contribution in [0.1, 0.15) is 42.1 Å². The van der Waals surface area contributed by atoms with E-state index in [9.17, 15) is 14.9 Å². The first-order chi connectivity index (χ1) is 15.0. The number of aromatic nitrogens is 1. The normalized spacial score (nSPS) is 11.9. The Morgan fingerprint density at radius 2 is 1.87 bits per heavy atom. The number of nitrogens with zero attached hydrogens (tertiary/aromatic N) is 2. The van der Waals surface area contributed by atoms with E-state index in [0.29, 0.717) is 17.5 Å². The van der Waals surface area contributed by atoms with Gasteiger partial charge in [0.15, 0.2) is 5.58 Å². The summed E-state index contributed by atoms with van der Waals surface area (Å²) in [5.41, 5.74) is 3.81. The standard InChI is InChI=1S/C24H21N3O4/c1-3-15(2)17-10-13-22-20(14-17)26-24(31-22)16-8-11-18(12-9-16)25-23(28)19-6-4-5-7-21(19)27(29)30/h4-15H,3H2,1-2H3,(H,25,28)/t15-/m0/s1. The van der Waals surface area contributed by atoms with E-state index in [-0.39, 0.29) is 11.3 Å². The average Bonchev–Trinajstić information content (AvgIpc) is 3.22. The Balaban J connectivity index is 1.55. The van der Waals surface area contributed by atoms with Crippen LogP contribution in [-0.4, -0.2) is 15.8 Å². The molecule has 0 radical (unpaired) electrons. The predicted octanol–water partition coefficient (Wildman–Crippen LogP) is 6.17. The maximum absolute atomic E-state index is 12.5. The number of rotatable bonds is 6. The molecule has 0 fully saturated rings. The first-order valence-electron chi connectivity index (χ1n) is 10.0. The molecule has 0 spiro atoms. The lowest BCUT2D eigenvalue weighted by atomic mass is 9.98. The molecule has 1 N–H and O–H groups in total. The highest BCUT2D eigenvalue weighted by atomic mass is 16.6. The number of nitro groups is 1. The maximum atomic E-state index is 12.5. The van der Waals surface area contributed by atoms with Gasteiger partial charge in [-0.2, -0.15) is 0 Å². The summed E-state index contributed by atoms with van der Waals surface area (Å²) in [5, 5.41) is 13.8. The molecule has 3 aromatic carbocycles. The van der Waals surface area contributed by atoms with Crippen molar-refractivity contribution < 1.29 is 14.1 Å². The van der Waals surface area contributed by atoms with E-state index in [2.05, 4.69) is 36.3 Å². The van der Waals surface area contributed by atoms with Gasteiger partial charge in [-0.1, -0.05) is 32.0 Å². The van der Waals surface area contributed by atoms with Crippen molar-refractivity contribution in [3.05, 3.63) is 88.0 Å². The van der Waals surface area contributed by atoms with Gasteiger partial charge in [-0.15, -0.1) is 0 Å². The second kappa shape index (κ2) is 8.39. The number of fused-ring (bicyclic) bond motifs is 1. The molecule has 7 nitrogen and oxygen atoms in total. The fourth-order valence-electron chi connectivity index (χ4n) is 3.33. The first kappa shape index (κ1) is 20.3. The predicted molar refractivity (Wildman–Crippen MR) is 119 cm³/mol. The molecule has 0 aliphatic rings. The van der Waals surface area contributed by atoms with Gasteiger partial charge in [0.05, 0.1) is 4.92 Å². The SMILES string of the molecule is CC[C@H](C)c1ccc2oc(-c3ccc(NC(=O)c4ccccc4[N+](=O)[O-])cc3)nc2c1. The third kappa shape index (κ3) is 4.16. The topological polar surface area (TPSA) is 98.3 Å². The summed E-state index contributed by atoms with van der Waals surface area (Å²) in [7, 11) is 0. The highest BCUT2D eigenvalue weighted by Gasteiger charge is 2.19. The second-order valence-corrected chi connectivity index (χ2v) is 7.36. The average molecular weight is 415 g/mol. The molecule has 31 heavy (non-hydrogen) atoms. The molecule has 156 valence electrons. The van der Waals surface area contributed by atoms with E-state index in [1.807, 2.05) is 6.07 Å². The molecule has 7 heteroatoms. The van der Waals surface area contributed by atoms with Gasteiger partial charge in [-0.25, -0.2) is 4.98 Å². The lowest BCUT2D eigenvalue weighted by molar-refractivity contribution is -0.385. The molecule has 0 saturated heterocycles. The zero-order valence-corrected chi connectivity index (χ0v) is 17.2. The van der Waals surface area contributed by atoms with Crippen molar-refractivity contribution in [3.8, 4) is 11.5 Å². The van der Waals surface area contributed by atoms with Crippen molar-refractivity contribution in [2.75, 3.05) is 5.32 Å². The zero-order chi connectivity index (χ0) is 22.0. The van der Waals surface area contributed by atoms with Gasteiger partial charge in [0.25, 0.3) is 11.6 Å². The molecule has 1 atom stereocenters. The van der Waals surface area contributed by atoms with Gasteiger partial charge in [0, 0.05) is 17.3 Å². The highest BCUT2D eigenvalue weighted by Crippen LogP contribution is 2.29. The van der Waals surface area contributed by atoms with Crippen molar-refractivity contribution >= 4 is 28.4 Å². The lowest BCUT2D eigenvalue weighted by Crippen LogP contribution is -2.13. The quantitative estimate of drug-likeness (QED) is 0.300. The highest BCUT2D eigenvalue weighted by molar-refractivity contribution is 6.07. The molecule has 0 bridgehead atoms. The minimum atomic E-state index is -0.572. The summed E-state index contributed by atoms with van der Waals surface area (Å²) >= 11 is 0. The Hall–Kier alpha value is -4.00. The van der Waals surface area contributed by atoms with Crippen molar-refractivity contribution in [2.24, 2.45) is 0 Å². The second-order valence-electron chi connectivity index (χ2n) is 7.36. The lowest BCUT2D eigenvalue weighted by Gasteiger charge is -2.07. The number of nitro benzene ring substituents is 1. The summed E-state index contributed by atoms with van der Waals surface area (Å²) in [6.07, 6.45) is 1.05. The summed E-state index contributed by atoms with van der Waals surface area (Å²) in [5.74, 6) is 0.403. The third-order valence-corrected chi connectivity index (χ3v) is 5.33. The number of nitrogens with one attached hydrogen (secondary N) is 1. The number of benzene rings is 3. The van der Waals surface area contributed by atoms with Crippen molar-refractivity contribution in [2.45, 2.75) is 26.2 Å². The van der Waals surface area contributed by atoms with Crippen LogP contribution in [-0.2, 0) is 0 Å². The Morgan fingerprint density at radius 3 is 2.58 bits per heavy atom. The van der Waals surface area contributed by atoms with Crippen molar-refractivity contribution in [1.29, 1.82) is 0 Å². The van der Waals surface area contributed by atoms with Crippen LogP contribution in [0.25, 0.3) is 22.6 Å². The largest absolute Gasteiger partial charge is 0.436 e. The van der Waals surface area contributed by atoms with Crippen molar-refractivity contribution in [1.82, 2.24) is 4.98 Å². The molecule has 0 aliphatic heterocycles. The molecule has 1 heterocycles. The van der Waals surface area contributed by atoms with Crippen LogP contribution in [0.3, 0.4) is 0 Å². The minimum absolute atomic E-state index is 0.00707. The first-order valence-corrected chi connectivity index (χ1v) is 10.0. The van der Waals surface area contributed by atoms with E-state index in [4.69, 9.17) is 4.42 Å². The smallest absolute Gasteiger partial charge is 0.282 e. The van der Waals surface area contributed by atoms with E-state index >= 15 is 0 Å². The van der Waals surface area contributed by atoms with Crippen LogP contribution in [0.4, 0.5) is 11.4 Å². The van der Waals surface area contributed by atoms with Crippen LogP contribution in [0.2, 0.25) is 0 Å². The number of hydrogen-bond acceptors (Lipinski definition) is 5. The molecule has 1 aromatic heterocycles. The number of hydrogen-bond donors (Lipinski definition) is 1. The molecular formula is C24H21N3O4. The zero-order valence-electron chi connectivity index (χ0n) is 17.2. The number of carbonyl (C=O) groups is 1. The van der Waals surface area contributed by atoms with Gasteiger partial charge in [-0.3, -0.25) is 14.9 Å². The summed E-state index contributed by atoms with van der Waals surface area (Å²) < 4.78 is 5.88. The number of oxazole rings is 1. The van der Waals surface area contributed by atoms with Gasteiger partial charge in [0.1, 0.15) is 11.1 Å². The summed E-state index contributed by atoms with van der Waals surface area (Å²) in [4.78, 5) is 27.6. The summed E-state index contributed by atoms with van der Waals surface area (Å²) in [6.45, 7) is 4.33. The van der Waals surface area contributed by atoms with Crippen LogP contribution < -0.4 is 5.32 Å². The summed E-state index contributed by atoms with van der Waals surface area (Å²) in [6, 6.07) is 18.9. The number of carbonyl (C=O) groups excluding carboxylic acids is 1. The van der Waals surface area contributed by atoms with Gasteiger partial charge in [-0.05, 0) is 60.4 Å². The van der Waals surface area contributed by atoms with E-state index in [0.717, 1.165) is 23.1 Å². The monoisotopic (exact) mass is 415 g/mol. The number of para-hydroxylation sites is 1. The van der Waals surface area contributed by atoms with Gasteiger partial charge >= 0.3 is 0 Å². The van der Waals surface area contributed by atoms with Crippen LogP contribution in [0.15, 0.2) is 71.1 Å². The molecular weight excluding hydrogens is 394 g/mol. The van der Waals surface area contributed by atoms with E-state index in [1.165, 1.54) is 23.8 Å². The maximum Gasteiger partial charge on any atom is 0.282 e. The molecule has 0 unspecified atom stereocenters. The fraction of sp³-hybridized carbons (Fsp3) is 0.167. The Kier molecular flexibility index (Phi) is 5.49. The molecule has 4 aromatic rings. The number of amides is 1. The number of anilines is 1. The Morgan fingerprint density at radius 1 is 1.13 bits per heavy atom. The molecule has 0 saturated carbocycles. The molecule has 4 rings (SSSR count). The third-order valence-electron chi connectivity index (χ3n) is 5.33. The van der Waals surface area contributed by atoms with Crippen LogP contribution >= 0.6 is 0 Å². The van der Waals surface area contributed by atoms with Crippen molar-refractivity contribution in [3.63, 3.8) is 0 Å². The van der Waals surface area contributed by atoms with E-state index in [1.54, 1.807) is 30.3 Å². The van der Waals surface area contributed by atoms with E-state index < -0.39 is 10.8 Å². The van der Waals surface area contributed by atoms with Crippen LogP contribution in [0.5, 0.6) is 0 Å². The van der Waals surface area contributed by atoms with Gasteiger partial charge < -0.3 is 9.73 Å². The van der Waals surface area contributed by atoms with Crippen LogP contribution in [0, 0.1) is 10.1 Å². The van der Waals surface area contributed by atoms with Gasteiger partial charge in [0.2, 0.25) is 5.89 Å². The molecule has 0 aliphatic carbocycles.